The Morgan fingerprint density at radius 3 is 2.00 bits per heavy atom. The summed E-state index contributed by atoms with van der Waals surface area (Å²) >= 11 is 0. The van der Waals surface area contributed by atoms with Gasteiger partial charge in [0.05, 0.1) is 0 Å². The smallest absolute Gasteiger partial charge is 0.0102 e. The van der Waals surface area contributed by atoms with Crippen LogP contribution in [0.2, 0.25) is 0 Å². The number of allylic oxidation sites excluding steroid dienone is 5. The topological polar surface area (TPSA) is 0 Å². The molecule has 0 heteroatoms. The van der Waals surface area contributed by atoms with Gasteiger partial charge in [-0.1, -0.05) is 57.6 Å². The van der Waals surface area contributed by atoms with Gasteiger partial charge >= 0.3 is 0 Å². The Labute approximate surface area is 88.4 Å². The monoisotopic (exact) mass is 190 g/mol. The van der Waals surface area contributed by atoms with Crippen LogP contribution in [0.25, 0.3) is 0 Å². The first kappa shape index (κ1) is 11.3. The van der Waals surface area contributed by atoms with E-state index in [1.807, 2.05) is 6.08 Å². The van der Waals surface area contributed by atoms with Gasteiger partial charge in [-0.2, -0.15) is 0 Å². The zero-order valence-corrected chi connectivity index (χ0v) is 10.4. The van der Waals surface area contributed by atoms with Gasteiger partial charge in [0.2, 0.25) is 0 Å². The van der Waals surface area contributed by atoms with Crippen molar-refractivity contribution in [2.75, 3.05) is 0 Å². The van der Waals surface area contributed by atoms with E-state index in [1.54, 1.807) is 0 Å². The predicted octanol–water partition coefficient (Wildman–Crippen LogP) is 4.50. The van der Waals surface area contributed by atoms with Crippen molar-refractivity contribution < 1.29 is 0 Å². The average molecular weight is 190 g/mol. The van der Waals surface area contributed by atoms with E-state index in [1.165, 1.54) is 16.7 Å². The van der Waals surface area contributed by atoms with Gasteiger partial charge < -0.3 is 0 Å². The van der Waals surface area contributed by atoms with Gasteiger partial charge in [0.25, 0.3) is 0 Å². The summed E-state index contributed by atoms with van der Waals surface area (Å²) < 4.78 is 0. The first-order chi connectivity index (χ1) is 6.23. The van der Waals surface area contributed by atoms with Crippen molar-refractivity contribution in [1.29, 1.82) is 0 Å². The maximum atomic E-state index is 3.91. The lowest BCUT2D eigenvalue weighted by atomic mass is 9.65. The van der Waals surface area contributed by atoms with Gasteiger partial charge in [-0.05, 0) is 19.4 Å². The molecule has 1 aliphatic carbocycles. The lowest BCUT2D eigenvalue weighted by molar-refractivity contribution is 0.458. The highest BCUT2D eigenvalue weighted by Gasteiger charge is 2.34. The number of hydrogen-bond acceptors (Lipinski definition) is 0. The summed E-state index contributed by atoms with van der Waals surface area (Å²) in [6.45, 7) is 17.5. The Hall–Kier alpha value is -0.780. The predicted molar refractivity (Wildman–Crippen MR) is 64.2 cm³/mol. The van der Waals surface area contributed by atoms with E-state index >= 15 is 0 Å². The van der Waals surface area contributed by atoms with Crippen LogP contribution in [0.1, 0.15) is 41.5 Å². The van der Waals surface area contributed by atoms with Crippen LogP contribution in [0.5, 0.6) is 0 Å². The molecule has 0 aromatic carbocycles. The molecule has 0 nitrogen and oxygen atoms in total. The highest BCUT2D eigenvalue weighted by atomic mass is 14.4. The molecule has 0 bridgehead atoms. The van der Waals surface area contributed by atoms with Gasteiger partial charge in [0, 0.05) is 10.8 Å². The molecule has 0 amide bonds. The lowest BCUT2D eigenvalue weighted by Gasteiger charge is -2.40. The fraction of sp³-hybridized carbons (Fsp3) is 0.571. The van der Waals surface area contributed by atoms with Crippen molar-refractivity contribution in [3.63, 3.8) is 0 Å². The quantitative estimate of drug-likeness (QED) is 0.534. The van der Waals surface area contributed by atoms with Crippen molar-refractivity contribution in [2.24, 2.45) is 10.8 Å². The summed E-state index contributed by atoms with van der Waals surface area (Å²) in [4.78, 5) is 0. The fourth-order valence-electron chi connectivity index (χ4n) is 2.16. The largest absolute Gasteiger partial charge is 0.0988 e. The third-order valence-electron chi connectivity index (χ3n) is 3.92. The van der Waals surface area contributed by atoms with Gasteiger partial charge in [-0.25, -0.2) is 0 Å². The van der Waals surface area contributed by atoms with Crippen LogP contribution < -0.4 is 0 Å². The van der Waals surface area contributed by atoms with Gasteiger partial charge in [0.15, 0.2) is 0 Å². The standard InChI is InChI=1S/C14H22/c1-8-12-9-13(4,5)10(2)11(3)14(12,6)7/h8-9H,1H2,2-7H3. The Bertz CT molecular complexity index is 318. The minimum atomic E-state index is 0.154. The van der Waals surface area contributed by atoms with E-state index < -0.39 is 0 Å². The number of rotatable bonds is 1. The van der Waals surface area contributed by atoms with E-state index in [0.29, 0.717) is 0 Å². The molecule has 0 spiro atoms. The first-order valence-corrected chi connectivity index (χ1v) is 5.27. The molecule has 0 N–H and O–H groups in total. The second-order valence-electron chi connectivity index (χ2n) is 5.40. The molecule has 0 unspecified atom stereocenters. The van der Waals surface area contributed by atoms with Crippen LogP contribution in [0.15, 0.2) is 35.5 Å². The number of hydrogen-bond donors (Lipinski definition) is 0. The summed E-state index contributed by atoms with van der Waals surface area (Å²) in [6.07, 6.45) is 4.35. The molecule has 0 saturated heterocycles. The van der Waals surface area contributed by atoms with Crippen LogP contribution in [0, 0.1) is 10.8 Å². The fourth-order valence-corrected chi connectivity index (χ4v) is 2.16. The van der Waals surface area contributed by atoms with Crippen LogP contribution in [-0.4, -0.2) is 0 Å². The zero-order chi connectivity index (χ0) is 11.1. The Morgan fingerprint density at radius 2 is 1.57 bits per heavy atom. The third kappa shape index (κ3) is 1.47. The average Bonchev–Trinajstić information content (AvgIpc) is 2.09. The van der Waals surface area contributed by atoms with E-state index in [-0.39, 0.29) is 10.8 Å². The Kier molecular flexibility index (Phi) is 2.51. The van der Waals surface area contributed by atoms with Crippen molar-refractivity contribution in [2.45, 2.75) is 41.5 Å². The van der Waals surface area contributed by atoms with Crippen molar-refractivity contribution in [1.82, 2.24) is 0 Å². The second kappa shape index (κ2) is 3.12. The molecule has 0 atom stereocenters. The van der Waals surface area contributed by atoms with E-state index in [0.717, 1.165) is 0 Å². The molecular formula is C14H22. The minimum Gasteiger partial charge on any atom is -0.0988 e. The molecule has 0 aromatic rings. The van der Waals surface area contributed by atoms with Crippen LogP contribution in [0.4, 0.5) is 0 Å². The van der Waals surface area contributed by atoms with E-state index in [2.05, 4.69) is 54.2 Å². The van der Waals surface area contributed by atoms with Crippen LogP contribution in [-0.2, 0) is 0 Å². The van der Waals surface area contributed by atoms with Gasteiger partial charge in [0.1, 0.15) is 0 Å². The molecule has 0 aromatic heterocycles. The summed E-state index contributed by atoms with van der Waals surface area (Å²) in [5.41, 5.74) is 4.67. The maximum absolute atomic E-state index is 3.91. The van der Waals surface area contributed by atoms with E-state index in [9.17, 15) is 0 Å². The normalized spacial score (nSPS) is 24.6. The molecule has 0 aliphatic heterocycles. The molecule has 0 radical (unpaired) electrons. The van der Waals surface area contributed by atoms with Crippen molar-refractivity contribution in [3.8, 4) is 0 Å². The van der Waals surface area contributed by atoms with Crippen molar-refractivity contribution >= 4 is 0 Å². The minimum absolute atomic E-state index is 0.154. The molecule has 78 valence electrons. The van der Waals surface area contributed by atoms with Crippen LogP contribution >= 0.6 is 0 Å². The highest BCUT2D eigenvalue weighted by molar-refractivity contribution is 5.44. The van der Waals surface area contributed by atoms with Gasteiger partial charge in [-0.15, -0.1) is 0 Å². The molecule has 1 aliphatic rings. The zero-order valence-electron chi connectivity index (χ0n) is 10.4. The molecule has 0 heterocycles. The third-order valence-corrected chi connectivity index (χ3v) is 3.92. The van der Waals surface area contributed by atoms with E-state index in [4.69, 9.17) is 0 Å². The summed E-state index contributed by atoms with van der Waals surface area (Å²) in [5.74, 6) is 0. The van der Waals surface area contributed by atoms with Crippen LogP contribution in [0.3, 0.4) is 0 Å². The highest BCUT2D eigenvalue weighted by Crippen LogP contribution is 2.47. The summed E-state index contributed by atoms with van der Waals surface area (Å²) in [7, 11) is 0. The lowest BCUT2D eigenvalue weighted by Crippen LogP contribution is -2.27. The molecule has 14 heavy (non-hydrogen) atoms. The summed E-state index contributed by atoms with van der Waals surface area (Å²) in [5, 5.41) is 0. The molecular weight excluding hydrogens is 168 g/mol. The molecule has 0 saturated carbocycles. The maximum Gasteiger partial charge on any atom is 0.0102 e. The molecule has 1 rings (SSSR count). The Morgan fingerprint density at radius 1 is 1.07 bits per heavy atom. The first-order valence-electron chi connectivity index (χ1n) is 5.27. The summed E-state index contributed by atoms with van der Waals surface area (Å²) in [6, 6.07) is 0. The van der Waals surface area contributed by atoms with Crippen molar-refractivity contribution in [3.05, 3.63) is 35.5 Å². The second-order valence-corrected chi connectivity index (χ2v) is 5.40. The van der Waals surface area contributed by atoms with Gasteiger partial charge in [-0.3, -0.25) is 0 Å². The SMILES string of the molecule is C=CC1=CC(C)(C)C(C)=C(C)C1(C)C. The molecule has 0 fully saturated rings. The Balaban J connectivity index is 3.37.